The van der Waals surface area contributed by atoms with Crippen LogP contribution in [0.25, 0.3) is 10.8 Å². The van der Waals surface area contributed by atoms with Gasteiger partial charge in [0.15, 0.2) is 5.78 Å². The molecule has 0 amide bonds. The van der Waals surface area contributed by atoms with E-state index in [1.54, 1.807) is 6.07 Å². The summed E-state index contributed by atoms with van der Waals surface area (Å²) in [5.74, 6) is 0.709. The predicted octanol–water partition coefficient (Wildman–Crippen LogP) is 6.54. The topological polar surface area (TPSA) is 41.6 Å². The minimum atomic E-state index is -0.473. The van der Waals surface area contributed by atoms with E-state index in [-0.39, 0.29) is 10.8 Å². The summed E-state index contributed by atoms with van der Waals surface area (Å²) in [4.78, 5) is 12.7. The number of rotatable bonds is 10. The van der Waals surface area contributed by atoms with Gasteiger partial charge in [0.05, 0.1) is 11.6 Å². The summed E-state index contributed by atoms with van der Waals surface area (Å²) in [6, 6.07) is 16.0. The van der Waals surface area contributed by atoms with Gasteiger partial charge in [0.2, 0.25) is 0 Å². The highest BCUT2D eigenvalue weighted by Gasteiger charge is 2.23. The van der Waals surface area contributed by atoms with Gasteiger partial charge in [-0.2, -0.15) is 0 Å². The van der Waals surface area contributed by atoms with Crippen LogP contribution >= 0.6 is 23.2 Å². The number of ketones is 1. The van der Waals surface area contributed by atoms with Crippen LogP contribution in [0, 0.1) is 11.7 Å². The third kappa shape index (κ3) is 6.67. The standard InChI is InChI=1S/C26H27Cl2FN2O2/c27-22-6-5-19-14-21(4-3-20(19)15-22)26(32)9-2-18-10-12-31(17-18)30-11-1-13-33-23-7-8-24(28)25(29)16-23/h3-8,14-16,18,30H,1-2,9-13,17H2. The Hall–Kier alpha value is -2.18. The Balaban J connectivity index is 1.14. The molecule has 33 heavy (non-hydrogen) atoms. The molecule has 1 saturated heterocycles. The smallest absolute Gasteiger partial charge is 0.162 e. The third-order valence-electron chi connectivity index (χ3n) is 6.01. The van der Waals surface area contributed by atoms with Gasteiger partial charge < -0.3 is 4.74 Å². The zero-order chi connectivity index (χ0) is 23.2. The summed E-state index contributed by atoms with van der Waals surface area (Å²) < 4.78 is 19.0. The van der Waals surface area contributed by atoms with Gasteiger partial charge in [0.25, 0.3) is 0 Å². The fourth-order valence-electron chi connectivity index (χ4n) is 4.15. The number of benzene rings is 3. The summed E-state index contributed by atoms with van der Waals surface area (Å²) >= 11 is 11.7. The zero-order valence-electron chi connectivity index (χ0n) is 18.3. The SMILES string of the molecule is O=C(CCC1CCN(NCCCOc2ccc(Cl)c(F)c2)C1)c1ccc2cc(Cl)ccc2c1. The minimum absolute atomic E-state index is 0.0944. The number of fused-ring (bicyclic) bond motifs is 1. The van der Waals surface area contributed by atoms with E-state index in [1.165, 1.54) is 12.1 Å². The Bertz CT molecular complexity index is 1120. The van der Waals surface area contributed by atoms with Crippen LogP contribution in [0.3, 0.4) is 0 Å². The van der Waals surface area contributed by atoms with Gasteiger partial charge in [-0.3, -0.25) is 10.2 Å². The molecule has 4 nitrogen and oxygen atoms in total. The Morgan fingerprint density at radius 3 is 2.76 bits per heavy atom. The molecule has 174 valence electrons. The Morgan fingerprint density at radius 1 is 1.09 bits per heavy atom. The summed E-state index contributed by atoms with van der Waals surface area (Å²) in [6.45, 7) is 3.19. The fraction of sp³-hybridized carbons (Fsp3) is 0.346. The molecule has 0 bridgehead atoms. The summed E-state index contributed by atoms with van der Waals surface area (Å²) in [5.41, 5.74) is 4.19. The van der Waals surface area contributed by atoms with Crippen LogP contribution in [0.15, 0.2) is 54.6 Å². The van der Waals surface area contributed by atoms with Crippen molar-refractivity contribution in [1.82, 2.24) is 10.4 Å². The summed E-state index contributed by atoms with van der Waals surface area (Å²) in [6.07, 6.45) is 3.33. The first-order valence-corrected chi connectivity index (χ1v) is 12.0. The van der Waals surface area contributed by atoms with Crippen LogP contribution in [0.1, 0.15) is 36.0 Å². The Morgan fingerprint density at radius 2 is 1.91 bits per heavy atom. The molecule has 7 heteroatoms. The second kappa shape index (κ2) is 11.3. The molecular formula is C26H27Cl2FN2O2. The van der Waals surface area contributed by atoms with Crippen molar-refractivity contribution in [2.45, 2.75) is 25.7 Å². The van der Waals surface area contributed by atoms with Crippen molar-refractivity contribution in [1.29, 1.82) is 0 Å². The van der Waals surface area contributed by atoms with Gasteiger partial charge in [-0.15, -0.1) is 0 Å². The molecule has 1 atom stereocenters. The summed E-state index contributed by atoms with van der Waals surface area (Å²) in [5, 5.41) is 5.09. The monoisotopic (exact) mass is 488 g/mol. The van der Waals surface area contributed by atoms with Crippen LogP contribution in [0.4, 0.5) is 4.39 Å². The van der Waals surface area contributed by atoms with Gasteiger partial charge in [-0.05, 0) is 66.3 Å². The molecule has 0 spiro atoms. The largest absolute Gasteiger partial charge is 0.493 e. The van der Waals surface area contributed by atoms with Gasteiger partial charge >= 0.3 is 0 Å². The van der Waals surface area contributed by atoms with Crippen LogP contribution in [-0.2, 0) is 0 Å². The number of hydrogen-bond donors (Lipinski definition) is 1. The Kier molecular flexibility index (Phi) is 8.20. The molecule has 4 rings (SSSR count). The number of ether oxygens (including phenoxy) is 1. The molecule has 0 saturated carbocycles. The molecule has 0 radical (unpaired) electrons. The molecule has 1 aliphatic heterocycles. The Labute approximate surface area is 203 Å². The van der Waals surface area contributed by atoms with Crippen molar-refractivity contribution >= 4 is 39.8 Å². The minimum Gasteiger partial charge on any atom is -0.493 e. The van der Waals surface area contributed by atoms with Crippen LogP contribution in [-0.4, -0.2) is 37.0 Å². The van der Waals surface area contributed by atoms with Crippen LogP contribution < -0.4 is 10.2 Å². The van der Waals surface area contributed by atoms with E-state index in [0.717, 1.165) is 55.2 Å². The van der Waals surface area contributed by atoms with E-state index in [1.807, 2.05) is 36.4 Å². The van der Waals surface area contributed by atoms with Crippen molar-refractivity contribution < 1.29 is 13.9 Å². The first-order valence-electron chi connectivity index (χ1n) is 11.3. The normalized spacial score (nSPS) is 16.4. The van der Waals surface area contributed by atoms with Crippen molar-refractivity contribution in [3.05, 3.63) is 76.0 Å². The van der Waals surface area contributed by atoms with Crippen molar-refractivity contribution in [2.24, 2.45) is 5.92 Å². The van der Waals surface area contributed by atoms with E-state index in [0.29, 0.717) is 29.7 Å². The van der Waals surface area contributed by atoms with E-state index in [4.69, 9.17) is 27.9 Å². The van der Waals surface area contributed by atoms with Gasteiger partial charge in [0, 0.05) is 42.7 Å². The second-order valence-electron chi connectivity index (χ2n) is 8.45. The maximum atomic E-state index is 13.4. The molecule has 1 heterocycles. The molecule has 0 aliphatic carbocycles. The fourth-order valence-corrected chi connectivity index (χ4v) is 4.45. The molecule has 1 unspecified atom stereocenters. The highest BCUT2D eigenvalue weighted by Crippen LogP contribution is 2.24. The number of carbonyl (C=O) groups excluding carboxylic acids is 1. The lowest BCUT2D eigenvalue weighted by Gasteiger charge is -2.17. The van der Waals surface area contributed by atoms with E-state index in [9.17, 15) is 9.18 Å². The quantitative estimate of drug-likeness (QED) is 0.259. The first kappa shape index (κ1) is 24.0. The third-order valence-corrected chi connectivity index (χ3v) is 6.55. The van der Waals surface area contributed by atoms with Crippen molar-refractivity contribution in [3.8, 4) is 5.75 Å². The van der Waals surface area contributed by atoms with E-state index >= 15 is 0 Å². The molecule has 1 fully saturated rings. The highest BCUT2D eigenvalue weighted by atomic mass is 35.5. The molecule has 3 aromatic carbocycles. The molecule has 1 aliphatic rings. The van der Waals surface area contributed by atoms with Crippen LogP contribution in [0.5, 0.6) is 5.75 Å². The molecular weight excluding hydrogens is 462 g/mol. The number of nitrogens with one attached hydrogen (secondary N) is 1. The van der Waals surface area contributed by atoms with Crippen molar-refractivity contribution in [2.75, 3.05) is 26.2 Å². The number of hydrogen-bond acceptors (Lipinski definition) is 4. The van der Waals surface area contributed by atoms with Gasteiger partial charge in [-0.1, -0.05) is 41.4 Å². The average Bonchev–Trinajstić information content (AvgIpc) is 3.27. The second-order valence-corrected chi connectivity index (χ2v) is 9.30. The number of hydrazine groups is 1. The van der Waals surface area contributed by atoms with Crippen molar-refractivity contribution in [3.63, 3.8) is 0 Å². The maximum Gasteiger partial charge on any atom is 0.162 e. The van der Waals surface area contributed by atoms with Crippen LogP contribution in [0.2, 0.25) is 10.0 Å². The van der Waals surface area contributed by atoms with E-state index < -0.39 is 5.82 Å². The molecule has 1 N–H and O–H groups in total. The number of Topliss-reactive ketones (excluding diaryl/α,β-unsaturated/α-hetero) is 1. The van der Waals surface area contributed by atoms with Gasteiger partial charge in [0.1, 0.15) is 11.6 Å². The maximum absolute atomic E-state index is 13.4. The lowest BCUT2D eigenvalue weighted by atomic mass is 9.97. The number of carbonyl (C=O) groups is 1. The lowest BCUT2D eigenvalue weighted by molar-refractivity contribution is 0.0973. The average molecular weight is 489 g/mol. The lowest BCUT2D eigenvalue weighted by Crippen LogP contribution is -2.37. The highest BCUT2D eigenvalue weighted by molar-refractivity contribution is 6.31. The number of nitrogens with zero attached hydrogens (tertiary/aromatic N) is 1. The predicted molar refractivity (Wildman–Crippen MR) is 132 cm³/mol. The number of halogens is 3. The molecule has 0 aromatic heterocycles. The first-order chi connectivity index (χ1) is 16.0. The summed E-state index contributed by atoms with van der Waals surface area (Å²) in [7, 11) is 0. The van der Waals surface area contributed by atoms with E-state index in [2.05, 4.69) is 10.4 Å². The zero-order valence-corrected chi connectivity index (χ0v) is 19.8. The van der Waals surface area contributed by atoms with Gasteiger partial charge in [-0.25, -0.2) is 9.40 Å². The molecule has 3 aromatic rings.